The van der Waals surface area contributed by atoms with Gasteiger partial charge in [0.1, 0.15) is 0 Å². The fraction of sp³-hybridized carbons (Fsp3) is 0.800. The van der Waals surface area contributed by atoms with Gasteiger partial charge in [0.15, 0.2) is 0 Å². The van der Waals surface area contributed by atoms with E-state index in [1.807, 2.05) is 0 Å². The molecule has 1 rings (SSSR count). The van der Waals surface area contributed by atoms with Crippen molar-refractivity contribution in [3.63, 3.8) is 0 Å². The summed E-state index contributed by atoms with van der Waals surface area (Å²) in [5.74, 6) is 0. The van der Waals surface area contributed by atoms with Crippen LogP contribution in [-0.4, -0.2) is 37.1 Å². The summed E-state index contributed by atoms with van der Waals surface area (Å²) in [6.45, 7) is 11.2. The topological polar surface area (TPSA) is 15.3 Å². The maximum atomic E-state index is 3.44. The van der Waals surface area contributed by atoms with Crippen molar-refractivity contribution in [3.8, 4) is 0 Å². The zero-order chi connectivity index (χ0) is 8.97. The summed E-state index contributed by atoms with van der Waals surface area (Å²) >= 11 is 0. The van der Waals surface area contributed by atoms with Gasteiger partial charge < -0.3 is 5.32 Å². The molecule has 0 bridgehead atoms. The van der Waals surface area contributed by atoms with Crippen LogP contribution in [0, 0.1) is 0 Å². The summed E-state index contributed by atoms with van der Waals surface area (Å²) in [6.07, 6.45) is 2.30. The zero-order valence-corrected chi connectivity index (χ0v) is 8.43. The maximum Gasteiger partial charge on any atom is 0.0167 e. The highest BCUT2D eigenvalue weighted by Gasteiger charge is 2.13. The number of hydrogen-bond donors (Lipinski definition) is 1. The Morgan fingerprint density at radius 1 is 1.58 bits per heavy atom. The molecule has 0 amide bonds. The molecule has 1 saturated heterocycles. The average molecular weight is 168 g/mol. The van der Waals surface area contributed by atoms with Gasteiger partial charge in [-0.3, -0.25) is 4.90 Å². The van der Waals surface area contributed by atoms with Crippen LogP contribution >= 0.6 is 0 Å². The third kappa shape index (κ3) is 3.37. The first-order valence-corrected chi connectivity index (χ1v) is 4.77. The molecule has 1 heterocycles. The molecular weight excluding hydrogens is 148 g/mol. The van der Waals surface area contributed by atoms with E-state index in [1.165, 1.54) is 18.7 Å². The molecular formula is C10H20N2. The second-order valence-corrected chi connectivity index (χ2v) is 3.90. The molecule has 1 N–H and O–H groups in total. The summed E-state index contributed by atoms with van der Waals surface area (Å²) < 4.78 is 0. The summed E-state index contributed by atoms with van der Waals surface area (Å²) in [5, 5.41) is 3.44. The monoisotopic (exact) mass is 168 g/mol. The minimum atomic E-state index is 0.657. The largest absolute Gasteiger partial charge is 0.312 e. The van der Waals surface area contributed by atoms with Crippen molar-refractivity contribution >= 4 is 0 Å². The Labute approximate surface area is 75.6 Å². The van der Waals surface area contributed by atoms with Crippen LogP contribution in [0.4, 0.5) is 0 Å². The Kier molecular flexibility index (Phi) is 3.76. The minimum Gasteiger partial charge on any atom is -0.312 e. The molecule has 1 fully saturated rings. The van der Waals surface area contributed by atoms with Gasteiger partial charge in [-0.1, -0.05) is 11.6 Å². The smallest absolute Gasteiger partial charge is 0.0167 e. The van der Waals surface area contributed by atoms with Gasteiger partial charge in [0, 0.05) is 32.2 Å². The van der Waals surface area contributed by atoms with Gasteiger partial charge in [-0.25, -0.2) is 0 Å². The molecule has 1 aliphatic heterocycles. The van der Waals surface area contributed by atoms with E-state index < -0.39 is 0 Å². The summed E-state index contributed by atoms with van der Waals surface area (Å²) in [5.41, 5.74) is 1.42. The van der Waals surface area contributed by atoms with Gasteiger partial charge in [0.2, 0.25) is 0 Å². The molecule has 12 heavy (non-hydrogen) atoms. The molecule has 0 aromatic rings. The normalized spacial score (nSPS) is 25.4. The van der Waals surface area contributed by atoms with Crippen molar-refractivity contribution in [3.05, 3.63) is 11.6 Å². The molecule has 0 aromatic heterocycles. The van der Waals surface area contributed by atoms with Gasteiger partial charge >= 0.3 is 0 Å². The second-order valence-electron chi connectivity index (χ2n) is 3.90. The first-order valence-electron chi connectivity index (χ1n) is 4.77. The van der Waals surface area contributed by atoms with Crippen LogP contribution in [0.5, 0.6) is 0 Å². The van der Waals surface area contributed by atoms with Crippen LogP contribution in [0.3, 0.4) is 0 Å². The summed E-state index contributed by atoms with van der Waals surface area (Å²) in [4.78, 5) is 2.49. The summed E-state index contributed by atoms with van der Waals surface area (Å²) in [7, 11) is 0. The number of rotatable bonds is 2. The molecule has 2 nitrogen and oxygen atoms in total. The minimum absolute atomic E-state index is 0.657. The predicted molar refractivity (Wildman–Crippen MR) is 53.3 cm³/mol. The lowest BCUT2D eigenvalue weighted by Gasteiger charge is -2.30. The van der Waals surface area contributed by atoms with E-state index in [-0.39, 0.29) is 0 Å². The van der Waals surface area contributed by atoms with E-state index in [4.69, 9.17) is 0 Å². The highest BCUT2D eigenvalue weighted by molar-refractivity contribution is 4.95. The van der Waals surface area contributed by atoms with Gasteiger partial charge in [0.05, 0.1) is 0 Å². The van der Waals surface area contributed by atoms with Crippen molar-refractivity contribution in [2.45, 2.75) is 26.8 Å². The van der Waals surface area contributed by atoms with E-state index in [9.17, 15) is 0 Å². The molecule has 0 aliphatic carbocycles. The van der Waals surface area contributed by atoms with Crippen LogP contribution in [0.25, 0.3) is 0 Å². The maximum absolute atomic E-state index is 3.44. The highest BCUT2D eigenvalue weighted by Crippen LogP contribution is 1.99. The predicted octanol–water partition coefficient (Wildman–Crippen LogP) is 1.25. The van der Waals surface area contributed by atoms with Crippen molar-refractivity contribution in [1.29, 1.82) is 0 Å². The van der Waals surface area contributed by atoms with Gasteiger partial charge in [-0.15, -0.1) is 0 Å². The number of piperazine rings is 1. The molecule has 2 heteroatoms. The lowest BCUT2D eigenvalue weighted by atomic mass is 10.2. The third-order valence-electron chi connectivity index (χ3n) is 2.21. The quantitative estimate of drug-likeness (QED) is 0.624. The molecule has 1 aliphatic rings. The molecule has 0 spiro atoms. The molecule has 70 valence electrons. The fourth-order valence-electron chi connectivity index (χ4n) is 1.49. The van der Waals surface area contributed by atoms with Crippen molar-refractivity contribution in [1.82, 2.24) is 10.2 Å². The van der Waals surface area contributed by atoms with Crippen molar-refractivity contribution in [2.75, 3.05) is 26.2 Å². The van der Waals surface area contributed by atoms with E-state index in [2.05, 4.69) is 37.1 Å². The van der Waals surface area contributed by atoms with E-state index in [0.29, 0.717) is 6.04 Å². The fourth-order valence-corrected chi connectivity index (χ4v) is 1.49. The van der Waals surface area contributed by atoms with Crippen LogP contribution in [0.1, 0.15) is 20.8 Å². The Balaban J connectivity index is 2.27. The first-order chi connectivity index (χ1) is 5.68. The Hall–Kier alpha value is -0.340. The third-order valence-corrected chi connectivity index (χ3v) is 2.21. The molecule has 0 radical (unpaired) electrons. The van der Waals surface area contributed by atoms with E-state index >= 15 is 0 Å². The molecule has 0 aromatic carbocycles. The SMILES string of the molecule is CC(C)=CCN1CCN[C@H](C)C1. The van der Waals surface area contributed by atoms with E-state index in [0.717, 1.165) is 13.1 Å². The number of nitrogens with zero attached hydrogens (tertiary/aromatic N) is 1. The standard InChI is InChI=1S/C10H20N2/c1-9(2)4-6-12-7-5-11-10(3)8-12/h4,10-11H,5-8H2,1-3H3/t10-/m1/s1. The van der Waals surface area contributed by atoms with Gasteiger partial charge in [0.25, 0.3) is 0 Å². The molecule has 0 saturated carbocycles. The number of allylic oxidation sites excluding steroid dienone is 1. The van der Waals surface area contributed by atoms with Crippen LogP contribution < -0.4 is 5.32 Å². The Bertz CT molecular complexity index is 159. The lowest BCUT2D eigenvalue weighted by Crippen LogP contribution is -2.49. The van der Waals surface area contributed by atoms with Crippen molar-refractivity contribution < 1.29 is 0 Å². The number of hydrogen-bond acceptors (Lipinski definition) is 2. The Morgan fingerprint density at radius 3 is 2.92 bits per heavy atom. The average Bonchev–Trinajstić information content (AvgIpc) is 2.01. The summed E-state index contributed by atoms with van der Waals surface area (Å²) in [6, 6.07) is 0.657. The van der Waals surface area contributed by atoms with E-state index in [1.54, 1.807) is 0 Å². The van der Waals surface area contributed by atoms with Gasteiger partial charge in [-0.05, 0) is 20.8 Å². The van der Waals surface area contributed by atoms with Crippen molar-refractivity contribution in [2.24, 2.45) is 0 Å². The Morgan fingerprint density at radius 2 is 2.33 bits per heavy atom. The molecule has 1 atom stereocenters. The van der Waals surface area contributed by atoms with Crippen LogP contribution in [0.15, 0.2) is 11.6 Å². The zero-order valence-electron chi connectivity index (χ0n) is 8.43. The van der Waals surface area contributed by atoms with Crippen LogP contribution in [0.2, 0.25) is 0 Å². The lowest BCUT2D eigenvalue weighted by molar-refractivity contribution is 0.226. The first kappa shape index (κ1) is 9.75. The van der Waals surface area contributed by atoms with Crippen LogP contribution in [-0.2, 0) is 0 Å². The second kappa shape index (κ2) is 4.63. The molecule has 0 unspecified atom stereocenters. The number of nitrogens with one attached hydrogen (secondary N) is 1. The van der Waals surface area contributed by atoms with Gasteiger partial charge in [-0.2, -0.15) is 0 Å². The highest BCUT2D eigenvalue weighted by atomic mass is 15.2.